The molecule has 0 bridgehead atoms. The van der Waals surface area contributed by atoms with E-state index in [-0.39, 0.29) is 19.6 Å². The van der Waals surface area contributed by atoms with Gasteiger partial charge in [0.05, 0.1) is 0 Å². The summed E-state index contributed by atoms with van der Waals surface area (Å²) in [6.07, 6.45) is 3.29. The summed E-state index contributed by atoms with van der Waals surface area (Å²) >= 11 is -0.0757. The van der Waals surface area contributed by atoms with Crippen LogP contribution in [0, 0.1) is 10.7 Å². The van der Waals surface area contributed by atoms with Crippen molar-refractivity contribution in [3.63, 3.8) is 0 Å². The predicted molar refractivity (Wildman–Crippen MR) is 43.7 cm³/mol. The summed E-state index contributed by atoms with van der Waals surface area (Å²) in [4.78, 5) is 13.3. The Balaban J connectivity index is 3.23. The standard InChI is InChI=1S/C8H12OSe/c1-3-4-5-6-7-10-8(2)9/h3-5H2,1-2H3. The molecule has 0 fully saturated rings. The maximum atomic E-state index is 10.4. The van der Waals surface area contributed by atoms with Gasteiger partial charge in [0.2, 0.25) is 0 Å². The number of rotatable bonds is 3. The Morgan fingerprint density at radius 3 is 2.80 bits per heavy atom. The normalized spacial score (nSPS) is 8.20. The van der Waals surface area contributed by atoms with Crippen LogP contribution in [0.5, 0.6) is 0 Å². The summed E-state index contributed by atoms with van der Waals surface area (Å²) in [6.45, 7) is 3.73. The second-order valence-corrected chi connectivity index (χ2v) is 4.04. The van der Waals surface area contributed by atoms with Crippen molar-refractivity contribution in [3.8, 4) is 10.7 Å². The van der Waals surface area contributed by atoms with E-state index in [0.717, 1.165) is 12.8 Å². The molecule has 1 nitrogen and oxygen atoms in total. The first-order valence-corrected chi connectivity index (χ1v) is 5.14. The van der Waals surface area contributed by atoms with Gasteiger partial charge in [0, 0.05) is 0 Å². The molecule has 0 rings (SSSR count). The first kappa shape index (κ1) is 9.75. The van der Waals surface area contributed by atoms with E-state index in [4.69, 9.17) is 0 Å². The van der Waals surface area contributed by atoms with E-state index in [9.17, 15) is 4.79 Å². The third kappa shape index (κ3) is 7.75. The summed E-state index contributed by atoms with van der Waals surface area (Å²) in [7, 11) is 0. The number of unbranched alkanes of at least 4 members (excludes halogenated alkanes) is 2. The molecule has 0 heterocycles. The maximum absolute atomic E-state index is 10.4. The molecule has 0 aromatic heterocycles. The van der Waals surface area contributed by atoms with Gasteiger partial charge in [-0.2, -0.15) is 0 Å². The number of hydrogen-bond acceptors (Lipinski definition) is 1. The van der Waals surface area contributed by atoms with Crippen molar-refractivity contribution in [1.82, 2.24) is 0 Å². The monoisotopic (exact) mass is 204 g/mol. The van der Waals surface area contributed by atoms with E-state index >= 15 is 0 Å². The van der Waals surface area contributed by atoms with Crippen molar-refractivity contribution >= 4 is 19.6 Å². The molecule has 0 saturated carbocycles. The molecule has 0 radical (unpaired) electrons. The summed E-state index contributed by atoms with van der Waals surface area (Å²) in [6, 6.07) is 0. The van der Waals surface area contributed by atoms with Crippen LogP contribution in [0.4, 0.5) is 0 Å². The fourth-order valence-electron chi connectivity index (χ4n) is 0.424. The minimum atomic E-state index is -0.0757. The Hall–Kier alpha value is -0.251. The molecule has 0 amide bonds. The van der Waals surface area contributed by atoms with Crippen LogP contribution >= 0.6 is 0 Å². The zero-order valence-corrected chi connectivity index (χ0v) is 8.15. The van der Waals surface area contributed by atoms with Crippen LogP contribution in [-0.4, -0.2) is 19.6 Å². The van der Waals surface area contributed by atoms with Crippen molar-refractivity contribution in [2.24, 2.45) is 0 Å². The molecular formula is C8H12OSe. The Morgan fingerprint density at radius 2 is 2.30 bits per heavy atom. The van der Waals surface area contributed by atoms with Gasteiger partial charge in [0.25, 0.3) is 0 Å². The van der Waals surface area contributed by atoms with E-state index in [1.807, 2.05) is 0 Å². The molecule has 0 aliphatic heterocycles. The van der Waals surface area contributed by atoms with E-state index in [1.54, 1.807) is 6.92 Å². The molecule has 10 heavy (non-hydrogen) atoms. The molecule has 0 unspecified atom stereocenters. The fraction of sp³-hybridized carbons (Fsp3) is 0.625. The zero-order valence-electron chi connectivity index (χ0n) is 6.44. The zero-order chi connectivity index (χ0) is 7.82. The second-order valence-electron chi connectivity index (χ2n) is 1.98. The quantitative estimate of drug-likeness (QED) is 0.385. The molecule has 0 aromatic rings. The van der Waals surface area contributed by atoms with Gasteiger partial charge in [0.15, 0.2) is 0 Å². The number of carbonyl (C=O) groups is 1. The summed E-state index contributed by atoms with van der Waals surface area (Å²) in [5, 5.41) is 0. The predicted octanol–water partition coefficient (Wildman–Crippen LogP) is 1.39. The van der Waals surface area contributed by atoms with E-state index in [1.165, 1.54) is 6.42 Å². The van der Waals surface area contributed by atoms with Crippen molar-refractivity contribution in [2.45, 2.75) is 33.1 Å². The van der Waals surface area contributed by atoms with Crippen LogP contribution < -0.4 is 0 Å². The molecule has 0 aliphatic rings. The Morgan fingerprint density at radius 1 is 1.60 bits per heavy atom. The van der Waals surface area contributed by atoms with Crippen LogP contribution in [0.25, 0.3) is 0 Å². The van der Waals surface area contributed by atoms with Gasteiger partial charge in [-0.15, -0.1) is 0 Å². The SMILES string of the molecule is CCCCC#C[Se]C(C)=O. The van der Waals surface area contributed by atoms with Gasteiger partial charge >= 0.3 is 68.3 Å². The van der Waals surface area contributed by atoms with Crippen LogP contribution in [0.2, 0.25) is 0 Å². The van der Waals surface area contributed by atoms with Crippen molar-refractivity contribution in [2.75, 3.05) is 0 Å². The van der Waals surface area contributed by atoms with Gasteiger partial charge < -0.3 is 0 Å². The van der Waals surface area contributed by atoms with Gasteiger partial charge in [-0.1, -0.05) is 0 Å². The molecular weight excluding hydrogens is 191 g/mol. The first-order valence-electron chi connectivity index (χ1n) is 3.42. The molecule has 0 saturated heterocycles. The average Bonchev–Trinajstić information content (AvgIpc) is 1.87. The molecule has 56 valence electrons. The van der Waals surface area contributed by atoms with Crippen LogP contribution in [0.3, 0.4) is 0 Å². The number of hydrogen-bond donors (Lipinski definition) is 0. The van der Waals surface area contributed by atoms with E-state index in [2.05, 4.69) is 17.7 Å². The Labute approximate surface area is 68.7 Å². The molecule has 2 heteroatoms. The van der Waals surface area contributed by atoms with Gasteiger partial charge in [-0.3, -0.25) is 0 Å². The second kappa shape index (κ2) is 6.86. The number of carbonyl (C=O) groups excluding carboxylic acids is 1. The van der Waals surface area contributed by atoms with Crippen LogP contribution in [0.15, 0.2) is 0 Å². The first-order chi connectivity index (χ1) is 4.77. The summed E-state index contributed by atoms with van der Waals surface area (Å²) in [5.41, 5.74) is 0. The third-order valence-corrected chi connectivity index (χ3v) is 2.04. The van der Waals surface area contributed by atoms with Crippen LogP contribution in [-0.2, 0) is 4.79 Å². The minimum absolute atomic E-state index is 0.0757. The van der Waals surface area contributed by atoms with Gasteiger partial charge in [-0.05, 0) is 0 Å². The Kier molecular flexibility index (Phi) is 6.69. The van der Waals surface area contributed by atoms with Crippen LogP contribution in [0.1, 0.15) is 33.1 Å². The molecule has 0 aliphatic carbocycles. The molecule has 0 atom stereocenters. The molecule has 0 spiro atoms. The Bertz CT molecular complexity index is 152. The summed E-state index contributed by atoms with van der Waals surface area (Å²) in [5.74, 6) is 2.97. The van der Waals surface area contributed by atoms with E-state index < -0.39 is 0 Å². The average molecular weight is 203 g/mol. The molecule has 0 N–H and O–H groups in total. The fourth-order valence-corrected chi connectivity index (χ4v) is 1.09. The topological polar surface area (TPSA) is 17.1 Å². The van der Waals surface area contributed by atoms with Crippen molar-refractivity contribution in [1.29, 1.82) is 0 Å². The molecule has 0 aromatic carbocycles. The summed E-state index contributed by atoms with van der Waals surface area (Å²) < 4.78 is 0.219. The van der Waals surface area contributed by atoms with Crippen molar-refractivity contribution in [3.05, 3.63) is 0 Å². The van der Waals surface area contributed by atoms with Gasteiger partial charge in [-0.25, -0.2) is 0 Å². The van der Waals surface area contributed by atoms with E-state index in [0.29, 0.717) is 0 Å². The van der Waals surface area contributed by atoms with Gasteiger partial charge in [0.1, 0.15) is 0 Å². The third-order valence-electron chi connectivity index (χ3n) is 0.922. The van der Waals surface area contributed by atoms with Crippen molar-refractivity contribution < 1.29 is 4.79 Å².